The Balaban J connectivity index is 1.98. The standard InChI is InChI=1S/C13H18FN3O/c1-15-8-10-3-6-17(7-4-10)13(18)11-2-5-16-9-12(11)14/h2,5,9-10,15H,3-4,6-8H2,1H3. The van der Waals surface area contributed by atoms with Gasteiger partial charge in [0.15, 0.2) is 5.82 Å². The number of hydrogen-bond donors (Lipinski definition) is 1. The Morgan fingerprint density at radius 2 is 2.28 bits per heavy atom. The van der Waals surface area contributed by atoms with Gasteiger partial charge in [-0.2, -0.15) is 0 Å². The molecule has 5 heteroatoms. The van der Waals surface area contributed by atoms with Crippen LogP contribution >= 0.6 is 0 Å². The number of nitrogens with one attached hydrogen (secondary N) is 1. The van der Waals surface area contributed by atoms with Crippen LogP contribution in [0.3, 0.4) is 0 Å². The number of hydrogen-bond acceptors (Lipinski definition) is 3. The highest BCUT2D eigenvalue weighted by Crippen LogP contribution is 2.19. The van der Waals surface area contributed by atoms with E-state index < -0.39 is 5.82 Å². The summed E-state index contributed by atoms with van der Waals surface area (Å²) in [7, 11) is 1.93. The Kier molecular flexibility index (Phi) is 4.25. The number of pyridine rings is 1. The molecule has 1 aliphatic heterocycles. The molecule has 1 N–H and O–H groups in total. The Morgan fingerprint density at radius 1 is 1.56 bits per heavy atom. The Morgan fingerprint density at radius 3 is 2.89 bits per heavy atom. The maximum Gasteiger partial charge on any atom is 0.256 e. The lowest BCUT2D eigenvalue weighted by atomic mass is 9.96. The number of nitrogens with zero attached hydrogens (tertiary/aromatic N) is 2. The van der Waals surface area contributed by atoms with E-state index in [1.165, 1.54) is 12.3 Å². The van der Waals surface area contributed by atoms with Crippen molar-refractivity contribution in [3.05, 3.63) is 29.8 Å². The van der Waals surface area contributed by atoms with Gasteiger partial charge in [-0.05, 0) is 38.4 Å². The molecule has 1 saturated heterocycles. The molecule has 0 radical (unpaired) electrons. The van der Waals surface area contributed by atoms with Crippen molar-refractivity contribution in [1.29, 1.82) is 0 Å². The molecule has 0 atom stereocenters. The van der Waals surface area contributed by atoms with Gasteiger partial charge in [-0.3, -0.25) is 9.78 Å². The molecule has 1 fully saturated rings. The first-order valence-corrected chi connectivity index (χ1v) is 6.25. The lowest BCUT2D eigenvalue weighted by molar-refractivity contribution is 0.0686. The van der Waals surface area contributed by atoms with E-state index in [1.54, 1.807) is 4.90 Å². The summed E-state index contributed by atoms with van der Waals surface area (Å²) in [5, 5.41) is 3.15. The Bertz CT molecular complexity index is 416. The molecule has 0 aliphatic carbocycles. The van der Waals surface area contributed by atoms with Gasteiger partial charge in [0, 0.05) is 19.3 Å². The van der Waals surface area contributed by atoms with Crippen molar-refractivity contribution >= 4 is 5.91 Å². The van der Waals surface area contributed by atoms with Gasteiger partial charge in [0.1, 0.15) is 0 Å². The molecule has 1 amide bonds. The Hall–Kier alpha value is -1.49. The van der Waals surface area contributed by atoms with Crippen LogP contribution in [0.2, 0.25) is 0 Å². The number of piperidine rings is 1. The van der Waals surface area contributed by atoms with E-state index in [0.29, 0.717) is 19.0 Å². The summed E-state index contributed by atoms with van der Waals surface area (Å²) in [5.74, 6) is -0.154. The summed E-state index contributed by atoms with van der Waals surface area (Å²) in [4.78, 5) is 17.5. The van der Waals surface area contributed by atoms with E-state index in [4.69, 9.17) is 0 Å². The van der Waals surface area contributed by atoms with Gasteiger partial charge in [-0.1, -0.05) is 0 Å². The minimum absolute atomic E-state index is 0.122. The maximum atomic E-state index is 13.5. The van der Waals surface area contributed by atoms with Gasteiger partial charge in [0.25, 0.3) is 5.91 Å². The van der Waals surface area contributed by atoms with Crippen LogP contribution in [0, 0.1) is 11.7 Å². The van der Waals surface area contributed by atoms with Crippen LogP contribution in [0.4, 0.5) is 4.39 Å². The van der Waals surface area contributed by atoms with Gasteiger partial charge >= 0.3 is 0 Å². The third kappa shape index (κ3) is 2.85. The molecule has 1 aromatic rings. The molecule has 0 spiro atoms. The molecular formula is C13H18FN3O. The average molecular weight is 251 g/mol. The fourth-order valence-corrected chi connectivity index (χ4v) is 2.35. The molecule has 18 heavy (non-hydrogen) atoms. The van der Waals surface area contributed by atoms with Crippen LogP contribution < -0.4 is 5.32 Å². The summed E-state index contributed by atoms with van der Waals surface area (Å²) < 4.78 is 13.5. The first-order valence-electron chi connectivity index (χ1n) is 6.25. The molecule has 1 aromatic heterocycles. The normalized spacial score (nSPS) is 16.9. The average Bonchev–Trinajstić information content (AvgIpc) is 2.40. The zero-order chi connectivity index (χ0) is 13.0. The predicted molar refractivity (Wildman–Crippen MR) is 66.7 cm³/mol. The van der Waals surface area contributed by atoms with Crippen molar-refractivity contribution in [2.24, 2.45) is 5.92 Å². The van der Waals surface area contributed by atoms with E-state index in [1.807, 2.05) is 7.05 Å². The SMILES string of the molecule is CNCC1CCN(C(=O)c2ccncc2F)CC1. The first-order chi connectivity index (χ1) is 8.72. The molecule has 0 unspecified atom stereocenters. The molecule has 98 valence electrons. The van der Waals surface area contributed by atoms with E-state index in [2.05, 4.69) is 10.3 Å². The molecule has 4 nitrogen and oxygen atoms in total. The highest BCUT2D eigenvalue weighted by molar-refractivity contribution is 5.94. The third-order valence-electron chi connectivity index (χ3n) is 3.40. The number of amides is 1. The van der Waals surface area contributed by atoms with Crippen LogP contribution in [-0.2, 0) is 0 Å². The molecular weight excluding hydrogens is 233 g/mol. The van der Waals surface area contributed by atoms with Crippen molar-refractivity contribution in [2.75, 3.05) is 26.7 Å². The minimum atomic E-state index is -0.542. The third-order valence-corrected chi connectivity index (χ3v) is 3.40. The maximum absolute atomic E-state index is 13.5. The molecule has 2 rings (SSSR count). The van der Waals surface area contributed by atoms with Gasteiger partial charge in [0.05, 0.1) is 11.8 Å². The van der Waals surface area contributed by atoms with Gasteiger partial charge < -0.3 is 10.2 Å². The topological polar surface area (TPSA) is 45.2 Å². The van der Waals surface area contributed by atoms with E-state index >= 15 is 0 Å². The summed E-state index contributed by atoms with van der Waals surface area (Å²) in [6, 6.07) is 1.44. The predicted octanol–water partition coefficient (Wildman–Crippen LogP) is 1.29. The highest BCUT2D eigenvalue weighted by Gasteiger charge is 2.24. The van der Waals surface area contributed by atoms with Crippen LogP contribution in [0.15, 0.2) is 18.5 Å². The zero-order valence-corrected chi connectivity index (χ0v) is 10.5. The van der Waals surface area contributed by atoms with Crippen molar-refractivity contribution < 1.29 is 9.18 Å². The highest BCUT2D eigenvalue weighted by atomic mass is 19.1. The van der Waals surface area contributed by atoms with Crippen LogP contribution in [0.1, 0.15) is 23.2 Å². The Labute approximate surface area is 106 Å². The fourth-order valence-electron chi connectivity index (χ4n) is 2.35. The summed E-state index contributed by atoms with van der Waals surface area (Å²) in [6.07, 6.45) is 4.48. The van der Waals surface area contributed by atoms with E-state index in [0.717, 1.165) is 25.6 Å². The number of carbonyl (C=O) groups is 1. The number of carbonyl (C=O) groups excluding carboxylic acids is 1. The monoisotopic (exact) mass is 251 g/mol. The zero-order valence-electron chi connectivity index (χ0n) is 10.5. The van der Waals surface area contributed by atoms with E-state index in [-0.39, 0.29) is 11.5 Å². The summed E-state index contributed by atoms with van der Waals surface area (Å²) >= 11 is 0. The summed E-state index contributed by atoms with van der Waals surface area (Å²) in [6.45, 7) is 2.38. The van der Waals surface area contributed by atoms with Crippen LogP contribution in [0.5, 0.6) is 0 Å². The fraction of sp³-hybridized carbons (Fsp3) is 0.538. The minimum Gasteiger partial charge on any atom is -0.339 e. The smallest absolute Gasteiger partial charge is 0.256 e. The second kappa shape index (κ2) is 5.91. The molecule has 1 aliphatic rings. The van der Waals surface area contributed by atoms with Gasteiger partial charge in [0.2, 0.25) is 0 Å². The quantitative estimate of drug-likeness (QED) is 0.880. The second-order valence-electron chi connectivity index (χ2n) is 4.65. The van der Waals surface area contributed by atoms with Crippen molar-refractivity contribution in [1.82, 2.24) is 15.2 Å². The molecule has 0 bridgehead atoms. The molecule has 2 heterocycles. The number of halogens is 1. The lowest BCUT2D eigenvalue weighted by Crippen LogP contribution is -2.40. The summed E-state index contributed by atoms with van der Waals surface area (Å²) in [5.41, 5.74) is 0.122. The van der Waals surface area contributed by atoms with Crippen molar-refractivity contribution in [3.63, 3.8) is 0 Å². The second-order valence-corrected chi connectivity index (χ2v) is 4.65. The van der Waals surface area contributed by atoms with Gasteiger partial charge in [-0.15, -0.1) is 0 Å². The van der Waals surface area contributed by atoms with Gasteiger partial charge in [-0.25, -0.2) is 4.39 Å². The van der Waals surface area contributed by atoms with E-state index in [9.17, 15) is 9.18 Å². The first kappa shape index (κ1) is 13.0. The number of likely N-dealkylation sites (tertiary alicyclic amines) is 1. The molecule has 0 aromatic carbocycles. The van der Waals surface area contributed by atoms with Crippen molar-refractivity contribution in [3.8, 4) is 0 Å². The van der Waals surface area contributed by atoms with Crippen LogP contribution in [0.25, 0.3) is 0 Å². The van der Waals surface area contributed by atoms with Crippen molar-refractivity contribution in [2.45, 2.75) is 12.8 Å². The largest absolute Gasteiger partial charge is 0.339 e. The van der Waals surface area contributed by atoms with Crippen LogP contribution in [-0.4, -0.2) is 42.5 Å². The number of rotatable bonds is 3. The number of aromatic nitrogens is 1. The molecule has 0 saturated carbocycles. The lowest BCUT2D eigenvalue weighted by Gasteiger charge is -2.32.